The molecule has 2 aliphatic heterocycles. The lowest BCUT2D eigenvalue weighted by Crippen LogP contribution is -2.50. The Bertz CT molecular complexity index is 743. The molecule has 2 aromatic rings. The number of likely N-dealkylation sites (tertiary alicyclic amines) is 1. The molecule has 1 amide bonds. The summed E-state index contributed by atoms with van der Waals surface area (Å²) in [6, 6.07) is 5.93. The Morgan fingerprint density at radius 3 is 2.80 bits per heavy atom. The molecule has 2 N–H and O–H groups in total. The number of carbonyl (C=O) groups is 1. The smallest absolute Gasteiger partial charge is 0.225 e. The van der Waals surface area contributed by atoms with Gasteiger partial charge in [-0.15, -0.1) is 0 Å². The van der Waals surface area contributed by atoms with E-state index in [1.165, 1.54) is 0 Å². The predicted molar refractivity (Wildman–Crippen MR) is 96.1 cm³/mol. The quantitative estimate of drug-likeness (QED) is 0.884. The van der Waals surface area contributed by atoms with Gasteiger partial charge < -0.3 is 19.9 Å². The van der Waals surface area contributed by atoms with Gasteiger partial charge >= 0.3 is 0 Å². The number of hydrogen-bond acceptors (Lipinski definition) is 4. The van der Waals surface area contributed by atoms with Gasteiger partial charge in [-0.25, -0.2) is 0 Å². The van der Waals surface area contributed by atoms with Gasteiger partial charge in [0, 0.05) is 31.4 Å². The highest BCUT2D eigenvalue weighted by Gasteiger charge is 2.36. The molecule has 0 saturated carbocycles. The number of carbonyl (C=O) groups excluding carboxylic acids is 1. The van der Waals surface area contributed by atoms with E-state index in [1.54, 1.807) is 6.20 Å². The Labute approximate surface area is 147 Å². The van der Waals surface area contributed by atoms with Gasteiger partial charge in [0.25, 0.3) is 0 Å². The average molecular weight is 342 g/mol. The standard InChI is InChI=1S/C19H26N4O2/c24-18(15-3-9-20-10-4-15)22-12-6-19(25,7-13-22)14-23-11-5-16-17(23)2-1-8-21-16/h1-2,5,8,11,15,20,25H,3-4,6-7,9-10,12-14H2. The average Bonchev–Trinajstić information content (AvgIpc) is 3.05. The number of hydrogen-bond donors (Lipinski definition) is 2. The second-order valence-electron chi connectivity index (χ2n) is 7.43. The van der Waals surface area contributed by atoms with Crippen molar-refractivity contribution < 1.29 is 9.90 Å². The lowest BCUT2D eigenvalue weighted by atomic mass is 9.89. The van der Waals surface area contributed by atoms with Crippen LogP contribution in [0.3, 0.4) is 0 Å². The zero-order chi connectivity index (χ0) is 17.3. The molecule has 2 fully saturated rings. The number of pyridine rings is 1. The Hall–Kier alpha value is -1.92. The molecule has 134 valence electrons. The zero-order valence-corrected chi connectivity index (χ0v) is 14.5. The Balaban J connectivity index is 1.39. The SMILES string of the molecule is O=C(C1CCNCC1)N1CCC(O)(Cn2ccc3ncccc32)CC1. The first kappa shape index (κ1) is 16.5. The predicted octanol–water partition coefficient (Wildman–Crippen LogP) is 1.39. The third-order valence-electron chi connectivity index (χ3n) is 5.70. The van der Waals surface area contributed by atoms with Gasteiger partial charge in [0.1, 0.15) is 0 Å². The van der Waals surface area contributed by atoms with Crippen molar-refractivity contribution in [3.05, 3.63) is 30.6 Å². The molecular weight excluding hydrogens is 316 g/mol. The van der Waals surface area contributed by atoms with Crippen molar-refractivity contribution >= 4 is 16.9 Å². The highest BCUT2D eigenvalue weighted by molar-refractivity contribution is 5.79. The summed E-state index contributed by atoms with van der Waals surface area (Å²) in [5, 5.41) is 14.3. The van der Waals surface area contributed by atoms with E-state index < -0.39 is 5.60 Å². The number of rotatable bonds is 3. The molecule has 4 heterocycles. The van der Waals surface area contributed by atoms with E-state index in [1.807, 2.05) is 29.3 Å². The molecule has 25 heavy (non-hydrogen) atoms. The molecule has 0 bridgehead atoms. The van der Waals surface area contributed by atoms with E-state index in [0.29, 0.717) is 32.5 Å². The van der Waals surface area contributed by atoms with Crippen LogP contribution >= 0.6 is 0 Å². The van der Waals surface area contributed by atoms with E-state index >= 15 is 0 Å². The first-order valence-corrected chi connectivity index (χ1v) is 9.26. The molecule has 4 rings (SSSR count). The molecule has 0 atom stereocenters. The Morgan fingerprint density at radius 2 is 2.04 bits per heavy atom. The highest BCUT2D eigenvalue weighted by atomic mass is 16.3. The number of amides is 1. The van der Waals surface area contributed by atoms with E-state index in [-0.39, 0.29) is 11.8 Å². The maximum atomic E-state index is 12.7. The van der Waals surface area contributed by atoms with Crippen molar-refractivity contribution in [2.45, 2.75) is 37.8 Å². The minimum atomic E-state index is -0.757. The van der Waals surface area contributed by atoms with Crippen LogP contribution in [0, 0.1) is 5.92 Å². The minimum absolute atomic E-state index is 0.159. The lowest BCUT2D eigenvalue weighted by Gasteiger charge is -2.40. The summed E-state index contributed by atoms with van der Waals surface area (Å²) in [7, 11) is 0. The number of aliphatic hydroxyl groups is 1. The van der Waals surface area contributed by atoms with Crippen LogP contribution < -0.4 is 5.32 Å². The molecule has 6 nitrogen and oxygen atoms in total. The van der Waals surface area contributed by atoms with Gasteiger partial charge in [-0.2, -0.15) is 0 Å². The molecule has 0 spiro atoms. The van der Waals surface area contributed by atoms with E-state index in [0.717, 1.165) is 37.0 Å². The van der Waals surface area contributed by atoms with Gasteiger partial charge in [-0.1, -0.05) is 0 Å². The zero-order valence-electron chi connectivity index (χ0n) is 14.5. The summed E-state index contributed by atoms with van der Waals surface area (Å²) in [5.41, 5.74) is 1.24. The fraction of sp³-hybridized carbons (Fsp3) is 0.579. The Morgan fingerprint density at radius 1 is 1.28 bits per heavy atom. The number of fused-ring (bicyclic) bond motifs is 1. The second-order valence-corrected chi connectivity index (χ2v) is 7.43. The molecule has 2 aliphatic rings. The van der Waals surface area contributed by atoms with Crippen molar-refractivity contribution in [1.82, 2.24) is 19.8 Å². The lowest BCUT2D eigenvalue weighted by molar-refractivity contribution is -0.141. The first-order chi connectivity index (χ1) is 12.1. The van der Waals surface area contributed by atoms with Gasteiger partial charge in [0.15, 0.2) is 0 Å². The van der Waals surface area contributed by atoms with Crippen LogP contribution in [0.25, 0.3) is 11.0 Å². The fourth-order valence-electron chi connectivity index (χ4n) is 4.10. The van der Waals surface area contributed by atoms with Crippen molar-refractivity contribution in [2.24, 2.45) is 5.92 Å². The van der Waals surface area contributed by atoms with Crippen molar-refractivity contribution in [2.75, 3.05) is 26.2 Å². The van der Waals surface area contributed by atoms with Gasteiger partial charge in [-0.05, 0) is 57.0 Å². The minimum Gasteiger partial charge on any atom is -0.388 e. The number of nitrogens with one attached hydrogen (secondary N) is 1. The molecule has 0 radical (unpaired) electrons. The van der Waals surface area contributed by atoms with Crippen LogP contribution in [0.1, 0.15) is 25.7 Å². The summed E-state index contributed by atoms with van der Waals surface area (Å²) in [4.78, 5) is 19.0. The van der Waals surface area contributed by atoms with Crippen molar-refractivity contribution in [1.29, 1.82) is 0 Å². The van der Waals surface area contributed by atoms with Gasteiger partial charge in [-0.3, -0.25) is 9.78 Å². The molecule has 6 heteroatoms. The summed E-state index contributed by atoms with van der Waals surface area (Å²) < 4.78 is 2.08. The van der Waals surface area contributed by atoms with E-state index in [9.17, 15) is 9.90 Å². The number of aromatic nitrogens is 2. The Kier molecular flexibility index (Phi) is 4.48. The van der Waals surface area contributed by atoms with E-state index in [2.05, 4.69) is 14.9 Å². The van der Waals surface area contributed by atoms with E-state index in [4.69, 9.17) is 0 Å². The van der Waals surface area contributed by atoms with Crippen LogP contribution in [0.5, 0.6) is 0 Å². The van der Waals surface area contributed by atoms with Gasteiger partial charge in [0.05, 0.1) is 23.2 Å². The molecule has 0 aromatic carbocycles. The molecule has 0 aliphatic carbocycles. The summed E-state index contributed by atoms with van der Waals surface area (Å²) in [6.07, 6.45) is 6.89. The summed E-state index contributed by atoms with van der Waals surface area (Å²) in [6.45, 7) is 3.72. The topological polar surface area (TPSA) is 70.4 Å². The monoisotopic (exact) mass is 342 g/mol. The fourth-order valence-corrected chi connectivity index (χ4v) is 4.10. The normalized spacial score (nSPS) is 21.6. The third-order valence-corrected chi connectivity index (χ3v) is 5.70. The van der Waals surface area contributed by atoms with Crippen LogP contribution in [0.2, 0.25) is 0 Å². The highest BCUT2D eigenvalue weighted by Crippen LogP contribution is 2.28. The van der Waals surface area contributed by atoms with Gasteiger partial charge in [0.2, 0.25) is 5.91 Å². The number of nitrogens with zero attached hydrogens (tertiary/aromatic N) is 3. The van der Waals surface area contributed by atoms with Crippen LogP contribution in [-0.4, -0.2) is 57.2 Å². The number of piperidine rings is 2. The molecule has 2 saturated heterocycles. The second kappa shape index (κ2) is 6.77. The molecule has 0 unspecified atom stereocenters. The van der Waals surface area contributed by atoms with Crippen LogP contribution in [0.4, 0.5) is 0 Å². The molecule has 2 aromatic heterocycles. The third kappa shape index (κ3) is 3.41. The van der Waals surface area contributed by atoms with Crippen molar-refractivity contribution in [3.8, 4) is 0 Å². The first-order valence-electron chi connectivity index (χ1n) is 9.26. The summed E-state index contributed by atoms with van der Waals surface area (Å²) >= 11 is 0. The van der Waals surface area contributed by atoms with Crippen LogP contribution in [0.15, 0.2) is 30.6 Å². The van der Waals surface area contributed by atoms with Crippen LogP contribution in [-0.2, 0) is 11.3 Å². The maximum absolute atomic E-state index is 12.7. The summed E-state index contributed by atoms with van der Waals surface area (Å²) in [5.74, 6) is 0.436. The maximum Gasteiger partial charge on any atom is 0.225 e. The largest absolute Gasteiger partial charge is 0.388 e. The van der Waals surface area contributed by atoms with Crippen molar-refractivity contribution in [3.63, 3.8) is 0 Å². The molecular formula is C19H26N4O2.